The van der Waals surface area contributed by atoms with Crippen molar-refractivity contribution in [3.63, 3.8) is 0 Å². The summed E-state index contributed by atoms with van der Waals surface area (Å²) in [5.41, 5.74) is 6.65. The highest BCUT2D eigenvalue weighted by Crippen LogP contribution is 2.30. The van der Waals surface area contributed by atoms with E-state index in [1.165, 1.54) is 6.33 Å². The molecule has 0 aliphatic heterocycles. The standard InChI is InChI=1S/C23H19N7/c1-15-9-18(19-12-25-14-26-13-19)10-16(2)22(15)29-21-7-8-27-23(30-21)28-20-5-3-17(11-24)4-6-20/h3-10,12-14H,1-2H3,(H2,27,28,29,30). The van der Waals surface area contributed by atoms with E-state index in [2.05, 4.69) is 62.6 Å². The van der Waals surface area contributed by atoms with Gasteiger partial charge in [0.1, 0.15) is 12.1 Å². The maximum absolute atomic E-state index is 8.91. The lowest BCUT2D eigenvalue weighted by atomic mass is 10.0. The summed E-state index contributed by atoms with van der Waals surface area (Å²) < 4.78 is 0. The van der Waals surface area contributed by atoms with Gasteiger partial charge in [0, 0.05) is 35.5 Å². The molecule has 0 radical (unpaired) electrons. The largest absolute Gasteiger partial charge is 0.340 e. The Balaban J connectivity index is 1.56. The molecule has 2 aromatic heterocycles. The van der Waals surface area contributed by atoms with Crippen LogP contribution in [0.15, 0.2) is 67.4 Å². The average Bonchev–Trinajstić information content (AvgIpc) is 2.77. The van der Waals surface area contributed by atoms with Crippen LogP contribution >= 0.6 is 0 Å². The third-order valence-corrected chi connectivity index (χ3v) is 4.61. The highest BCUT2D eigenvalue weighted by molar-refractivity contribution is 5.73. The Morgan fingerprint density at radius 1 is 0.867 bits per heavy atom. The SMILES string of the molecule is Cc1cc(-c2cncnc2)cc(C)c1Nc1ccnc(Nc2ccc(C#N)cc2)n1. The van der Waals surface area contributed by atoms with Gasteiger partial charge in [-0.25, -0.2) is 15.0 Å². The zero-order valence-electron chi connectivity index (χ0n) is 16.6. The van der Waals surface area contributed by atoms with Gasteiger partial charge >= 0.3 is 0 Å². The monoisotopic (exact) mass is 393 g/mol. The molecular weight excluding hydrogens is 374 g/mol. The normalized spacial score (nSPS) is 10.3. The van der Waals surface area contributed by atoms with Crippen molar-refractivity contribution in [1.82, 2.24) is 19.9 Å². The fourth-order valence-electron chi connectivity index (χ4n) is 3.15. The number of rotatable bonds is 5. The average molecular weight is 393 g/mol. The topological polar surface area (TPSA) is 99.4 Å². The maximum Gasteiger partial charge on any atom is 0.229 e. The number of nitrogens with one attached hydrogen (secondary N) is 2. The molecular formula is C23H19N7. The second kappa shape index (κ2) is 8.37. The lowest BCUT2D eigenvalue weighted by molar-refractivity contribution is 1.16. The predicted octanol–water partition coefficient (Wildman–Crippen LogP) is 4.91. The number of hydrogen-bond donors (Lipinski definition) is 2. The Kier molecular flexibility index (Phi) is 5.31. The van der Waals surface area contributed by atoms with E-state index in [-0.39, 0.29) is 0 Å². The van der Waals surface area contributed by atoms with Crippen LogP contribution in [0, 0.1) is 25.2 Å². The fraction of sp³-hybridized carbons (Fsp3) is 0.0870. The molecule has 4 aromatic rings. The fourth-order valence-corrected chi connectivity index (χ4v) is 3.15. The van der Waals surface area contributed by atoms with E-state index in [4.69, 9.17) is 5.26 Å². The number of hydrogen-bond acceptors (Lipinski definition) is 7. The molecule has 2 heterocycles. The maximum atomic E-state index is 8.91. The molecule has 0 saturated carbocycles. The molecule has 0 bridgehead atoms. The minimum atomic E-state index is 0.470. The molecule has 0 aliphatic rings. The summed E-state index contributed by atoms with van der Waals surface area (Å²) in [5.74, 6) is 1.15. The summed E-state index contributed by atoms with van der Waals surface area (Å²) in [6.45, 7) is 4.11. The van der Waals surface area contributed by atoms with Crippen LogP contribution in [0.5, 0.6) is 0 Å². The van der Waals surface area contributed by atoms with Crippen LogP contribution in [0.4, 0.5) is 23.1 Å². The smallest absolute Gasteiger partial charge is 0.229 e. The molecule has 0 saturated heterocycles. The van der Waals surface area contributed by atoms with E-state index >= 15 is 0 Å². The second-order valence-electron chi connectivity index (χ2n) is 6.82. The van der Waals surface area contributed by atoms with Gasteiger partial charge in [0.25, 0.3) is 0 Å². The quantitative estimate of drug-likeness (QED) is 0.497. The molecule has 0 spiro atoms. The molecule has 0 aliphatic carbocycles. The van der Waals surface area contributed by atoms with Crippen molar-refractivity contribution in [1.29, 1.82) is 5.26 Å². The van der Waals surface area contributed by atoms with Gasteiger partial charge < -0.3 is 10.6 Å². The third-order valence-electron chi connectivity index (χ3n) is 4.61. The van der Waals surface area contributed by atoms with E-state index in [9.17, 15) is 0 Å². The highest BCUT2D eigenvalue weighted by atomic mass is 15.1. The number of aromatic nitrogens is 4. The number of anilines is 4. The Hall–Kier alpha value is -4.31. The van der Waals surface area contributed by atoms with E-state index in [1.807, 2.05) is 18.2 Å². The third kappa shape index (κ3) is 4.23. The van der Waals surface area contributed by atoms with E-state index < -0.39 is 0 Å². The van der Waals surface area contributed by atoms with Crippen molar-refractivity contribution in [3.8, 4) is 17.2 Å². The molecule has 0 atom stereocenters. The predicted molar refractivity (Wildman–Crippen MR) is 117 cm³/mol. The Bertz CT molecular complexity index is 1190. The number of benzene rings is 2. The minimum absolute atomic E-state index is 0.470. The van der Waals surface area contributed by atoms with Gasteiger partial charge in [-0.2, -0.15) is 10.2 Å². The molecule has 4 rings (SSSR count). The van der Waals surface area contributed by atoms with Gasteiger partial charge in [-0.05, 0) is 73.0 Å². The molecule has 7 heteroatoms. The van der Waals surface area contributed by atoms with Crippen LogP contribution in [0.25, 0.3) is 11.1 Å². The molecule has 0 amide bonds. The highest BCUT2D eigenvalue weighted by Gasteiger charge is 2.09. The van der Waals surface area contributed by atoms with Crippen LogP contribution in [-0.4, -0.2) is 19.9 Å². The van der Waals surface area contributed by atoms with Gasteiger partial charge in [0.15, 0.2) is 0 Å². The van der Waals surface area contributed by atoms with Crippen molar-refractivity contribution >= 4 is 23.1 Å². The van der Waals surface area contributed by atoms with Gasteiger partial charge in [-0.15, -0.1) is 0 Å². The molecule has 7 nitrogen and oxygen atoms in total. The van der Waals surface area contributed by atoms with Crippen molar-refractivity contribution < 1.29 is 0 Å². The summed E-state index contributed by atoms with van der Waals surface area (Å²) in [6.07, 6.45) is 6.83. The van der Waals surface area contributed by atoms with Crippen molar-refractivity contribution in [3.05, 3.63) is 84.1 Å². The van der Waals surface area contributed by atoms with Crippen LogP contribution in [0.1, 0.15) is 16.7 Å². The van der Waals surface area contributed by atoms with E-state index in [0.717, 1.165) is 33.6 Å². The van der Waals surface area contributed by atoms with Gasteiger partial charge in [0.2, 0.25) is 5.95 Å². The van der Waals surface area contributed by atoms with E-state index in [0.29, 0.717) is 17.3 Å². The molecule has 0 unspecified atom stereocenters. The van der Waals surface area contributed by atoms with Crippen LogP contribution in [0.2, 0.25) is 0 Å². The zero-order chi connectivity index (χ0) is 20.9. The first kappa shape index (κ1) is 19.0. The second-order valence-corrected chi connectivity index (χ2v) is 6.82. The first-order valence-electron chi connectivity index (χ1n) is 9.36. The summed E-state index contributed by atoms with van der Waals surface area (Å²) in [4.78, 5) is 17.0. The summed E-state index contributed by atoms with van der Waals surface area (Å²) in [7, 11) is 0. The van der Waals surface area contributed by atoms with Crippen LogP contribution in [-0.2, 0) is 0 Å². The van der Waals surface area contributed by atoms with Gasteiger partial charge in [0.05, 0.1) is 11.6 Å². The molecule has 146 valence electrons. The number of nitriles is 1. The summed E-state index contributed by atoms with van der Waals surface area (Å²) in [5, 5.41) is 15.5. The van der Waals surface area contributed by atoms with Crippen molar-refractivity contribution in [2.75, 3.05) is 10.6 Å². The number of nitrogens with zero attached hydrogens (tertiary/aromatic N) is 5. The van der Waals surface area contributed by atoms with Gasteiger partial charge in [-0.1, -0.05) is 0 Å². The Morgan fingerprint density at radius 2 is 1.57 bits per heavy atom. The molecule has 30 heavy (non-hydrogen) atoms. The van der Waals surface area contributed by atoms with E-state index in [1.54, 1.807) is 30.7 Å². The molecule has 2 N–H and O–H groups in total. The van der Waals surface area contributed by atoms with Crippen LogP contribution in [0.3, 0.4) is 0 Å². The first-order valence-corrected chi connectivity index (χ1v) is 9.36. The first-order chi connectivity index (χ1) is 14.6. The Labute approximate surface area is 174 Å². The summed E-state index contributed by atoms with van der Waals surface area (Å²) >= 11 is 0. The summed E-state index contributed by atoms with van der Waals surface area (Å²) in [6, 6.07) is 15.3. The molecule has 0 fully saturated rings. The van der Waals surface area contributed by atoms with Gasteiger partial charge in [-0.3, -0.25) is 0 Å². The lowest BCUT2D eigenvalue weighted by Crippen LogP contribution is -2.02. The zero-order valence-corrected chi connectivity index (χ0v) is 16.6. The molecule has 2 aromatic carbocycles. The Morgan fingerprint density at radius 3 is 2.23 bits per heavy atom. The van der Waals surface area contributed by atoms with Crippen LogP contribution < -0.4 is 10.6 Å². The van der Waals surface area contributed by atoms with Crippen molar-refractivity contribution in [2.45, 2.75) is 13.8 Å². The van der Waals surface area contributed by atoms with Crippen molar-refractivity contribution in [2.24, 2.45) is 0 Å². The minimum Gasteiger partial charge on any atom is -0.340 e. The lowest BCUT2D eigenvalue weighted by Gasteiger charge is -2.15. The number of aryl methyl sites for hydroxylation is 2.